The van der Waals surface area contributed by atoms with Crippen molar-refractivity contribution in [3.8, 4) is 11.5 Å². The molecule has 4 rings (SSSR count). The van der Waals surface area contributed by atoms with Crippen LogP contribution >= 0.6 is 11.8 Å². The minimum absolute atomic E-state index is 0.161. The second-order valence-corrected chi connectivity index (χ2v) is 8.69. The Morgan fingerprint density at radius 1 is 1.03 bits per heavy atom. The summed E-state index contributed by atoms with van der Waals surface area (Å²) >= 11 is 1.27. The zero-order chi connectivity index (χ0) is 24.6. The van der Waals surface area contributed by atoms with Gasteiger partial charge < -0.3 is 20.1 Å². The van der Waals surface area contributed by atoms with Gasteiger partial charge in [0.15, 0.2) is 23.3 Å². The number of benzene rings is 3. The molecule has 1 saturated heterocycles. The summed E-state index contributed by atoms with van der Waals surface area (Å²) in [5, 5.41) is 6.13. The van der Waals surface area contributed by atoms with Crippen LogP contribution in [0.2, 0.25) is 0 Å². The summed E-state index contributed by atoms with van der Waals surface area (Å²) < 4.78 is 11.4. The maximum absolute atomic E-state index is 12.4. The number of anilines is 1. The summed E-state index contributed by atoms with van der Waals surface area (Å²) in [5.74, 6) is 0.458. The summed E-state index contributed by atoms with van der Waals surface area (Å²) in [6, 6.07) is 22.3. The van der Waals surface area contributed by atoms with Crippen molar-refractivity contribution in [3.05, 3.63) is 88.8 Å². The predicted molar refractivity (Wildman–Crippen MR) is 140 cm³/mol. The van der Waals surface area contributed by atoms with Crippen molar-refractivity contribution in [2.24, 2.45) is 4.99 Å². The van der Waals surface area contributed by atoms with Gasteiger partial charge in [0.25, 0.3) is 11.8 Å². The van der Waals surface area contributed by atoms with Gasteiger partial charge in [-0.15, -0.1) is 0 Å². The van der Waals surface area contributed by atoms with Crippen LogP contribution in [-0.4, -0.2) is 30.2 Å². The molecule has 0 radical (unpaired) electrons. The SMILES string of the molecule is CCOc1cc(/C=C2\SC(=Nc3ccccc3)NC2=O)ccc1OCC(=O)Nc1cccc(C)c1. The van der Waals surface area contributed by atoms with E-state index in [-0.39, 0.29) is 18.4 Å². The van der Waals surface area contributed by atoms with E-state index in [0.29, 0.717) is 33.9 Å². The molecule has 2 N–H and O–H groups in total. The number of nitrogens with zero attached hydrogens (tertiary/aromatic N) is 1. The molecule has 35 heavy (non-hydrogen) atoms. The number of hydrogen-bond acceptors (Lipinski definition) is 6. The lowest BCUT2D eigenvalue weighted by Gasteiger charge is -2.13. The standard InChI is InChI=1S/C27H25N3O4S/c1-3-33-23-15-19(16-24-26(32)30-27(35-24)29-20-9-5-4-6-10-20)12-13-22(23)34-17-25(31)28-21-11-7-8-18(2)14-21/h4-16H,3,17H2,1-2H3,(H,28,31)(H,29,30,32)/b24-16-. The number of amidine groups is 1. The van der Waals surface area contributed by atoms with E-state index in [9.17, 15) is 9.59 Å². The van der Waals surface area contributed by atoms with Crippen LogP contribution in [0.15, 0.2) is 82.7 Å². The second-order valence-electron chi connectivity index (χ2n) is 7.66. The number of carbonyl (C=O) groups excluding carboxylic acids is 2. The Bertz CT molecular complexity index is 1290. The number of ether oxygens (including phenoxy) is 2. The van der Waals surface area contributed by atoms with Gasteiger partial charge in [-0.3, -0.25) is 9.59 Å². The first-order valence-corrected chi connectivity index (χ1v) is 11.9. The number of amides is 2. The number of hydrogen-bond donors (Lipinski definition) is 2. The maximum atomic E-state index is 12.4. The lowest BCUT2D eigenvalue weighted by Crippen LogP contribution is -2.20. The molecule has 1 heterocycles. The number of aliphatic imine (C=N–C) groups is 1. The van der Waals surface area contributed by atoms with Crippen LogP contribution in [0.4, 0.5) is 11.4 Å². The van der Waals surface area contributed by atoms with Crippen LogP contribution in [0.25, 0.3) is 6.08 Å². The highest BCUT2D eigenvalue weighted by Gasteiger charge is 2.24. The first-order valence-electron chi connectivity index (χ1n) is 11.1. The molecule has 8 heteroatoms. The molecule has 0 aliphatic carbocycles. The fourth-order valence-electron chi connectivity index (χ4n) is 3.32. The van der Waals surface area contributed by atoms with Crippen LogP contribution in [-0.2, 0) is 9.59 Å². The van der Waals surface area contributed by atoms with Crippen molar-refractivity contribution < 1.29 is 19.1 Å². The zero-order valence-electron chi connectivity index (χ0n) is 19.4. The van der Waals surface area contributed by atoms with Crippen molar-refractivity contribution in [3.63, 3.8) is 0 Å². The second kappa shape index (κ2) is 11.4. The minimum atomic E-state index is -0.270. The van der Waals surface area contributed by atoms with Gasteiger partial charge in [0.1, 0.15) is 0 Å². The van der Waals surface area contributed by atoms with Gasteiger partial charge in [0, 0.05) is 5.69 Å². The summed E-state index contributed by atoms with van der Waals surface area (Å²) in [7, 11) is 0. The Morgan fingerprint density at radius 3 is 2.63 bits per heavy atom. The first kappa shape index (κ1) is 24.1. The normalized spacial score (nSPS) is 15.2. The van der Waals surface area contributed by atoms with E-state index in [4.69, 9.17) is 9.47 Å². The van der Waals surface area contributed by atoms with Gasteiger partial charge in [-0.25, -0.2) is 4.99 Å². The van der Waals surface area contributed by atoms with Crippen molar-refractivity contribution in [2.45, 2.75) is 13.8 Å². The third kappa shape index (κ3) is 6.74. The number of para-hydroxylation sites is 1. The number of aryl methyl sites for hydroxylation is 1. The number of nitrogens with one attached hydrogen (secondary N) is 2. The predicted octanol–water partition coefficient (Wildman–Crippen LogP) is 5.30. The lowest BCUT2D eigenvalue weighted by atomic mass is 10.2. The van der Waals surface area contributed by atoms with Crippen molar-refractivity contribution in [1.82, 2.24) is 5.32 Å². The highest BCUT2D eigenvalue weighted by molar-refractivity contribution is 8.18. The first-order chi connectivity index (χ1) is 17.0. The molecule has 0 aromatic heterocycles. The molecule has 3 aromatic rings. The lowest BCUT2D eigenvalue weighted by molar-refractivity contribution is -0.118. The van der Waals surface area contributed by atoms with Crippen LogP contribution in [0.3, 0.4) is 0 Å². The Labute approximate surface area is 208 Å². The zero-order valence-corrected chi connectivity index (χ0v) is 20.2. The molecule has 3 aromatic carbocycles. The smallest absolute Gasteiger partial charge is 0.264 e. The quantitative estimate of drug-likeness (QED) is 0.421. The Hall–Kier alpha value is -4.04. The summed E-state index contributed by atoms with van der Waals surface area (Å²) in [6.45, 7) is 4.09. The average molecular weight is 488 g/mol. The van der Waals surface area contributed by atoms with E-state index in [1.165, 1.54) is 11.8 Å². The topological polar surface area (TPSA) is 89.0 Å². The van der Waals surface area contributed by atoms with Gasteiger partial charge in [0.2, 0.25) is 0 Å². The van der Waals surface area contributed by atoms with E-state index in [1.54, 1.807) is 18.2 Å². The monoisotopic (exact) mass is 487 g/mol. The summed E-state index contributed by atoms with van der Waals surface area (Å²) in [5.41, 5.74) is 3.31. The van der Waals surface area contributed by atoms with Crippen LogP contribution < -0.4 is 20.1 Å². The van der Waals surface area contributed by atoms with Crippen LogP contribution in [0, 0.1) is 6.92 Å². The Morgan fingerprint density at radius 2 is 1.86 bits per heavy atom. The molecule has 178 valence electrons. The third-order valence-corrected chi connectivity index (χ3v) is 5.77. The molecule has 1 aliphatic heterocycles. The van der Waals surface area contributed by atoms with E-state index in [2.05, 4.69) is 15.6 Å². The van der Waals surface area contributed by atoms with E-state index < -0.39 is 0 Å². The highest BCUT2D eigenvalue weighted by Crippen LogP contribution is 2.32. The fraction of sp³-hybridized carbons (Fsp3) is 0.148. The van der Waals surface area contributed by atoms with Crippen molar-refractivity contribution in [1.29, 1.82) is 0 Å². The van der Waals surface area contributed by atoms with Crippen molar-refractivity contribution >= 4 is 46.2 Å². The molecule has 7 nitrogen and oxygen atoms in total. The molecule has 0 saturated carbocycles. The Balaban J connectivity index is 1.44. The van der Waals surface area contributed by atoms with Crippen molar-refractivity contribution in [2.75, 3.05) is 18.5 Å². The molecule has 0 atom stereocenters. The van der Waals surface area contributed by atoms with Crippen LogP contribution in [0.1, 0.15) is 18.1 Å². The summed E-state index contributed by atoms with van der Waals surface area (Å²) in [4.78, 5) is 29.7. The number of carbonyl (C=O) groups is 2. The molecular weight excluding hydrogens is 462 g/mol. The minimum Gasteiger partial charge on any atom is -0.490 e. The molecule has 0 bridgehead atoms. The highest BCUT2D eigenvalue weighted by atomic mass is 32.2. The van der Waals surface area contributed by atoms with E-state index in [1.807, 2.05) is 74.5 Å². The molecule has 1 fully saturated rings. The van der Waals surface area contributed by atoms with Gasteiger partial charge in [-0.05, 0) is 79.2 Å². The molecule has 2 amide bonds. The van der Waals surface area contributed by atoms with Gasteiger partial charge in [0.05, 0.1) is 17.2 Å². The fourth-order valence-corrected chi connectivity index (χ4v) is 4.16. The van der Waals surface area contributed by atoms with Gasteiger partial charge >= 0.3 is 0 Å². The van der Waals surface area contributed by atoms with E-state index >= 15 is 0 Å². The number of thioether (sulfide) groups is 1. The Kier molecular flexibility index (Phi) is 7.84. The van der Waals surface area contributed by atoms with E-state index in [0.717, 1.165) is 16.8 Å². The average Bonchev–Trinajstić information content (AvgIpc) is 3.17. The molecule has 0 spiro atoms. The van der Waals surface area contributed by atoms with Gasteiger partial charge in [-0.2, -0.15) is 0 Å². The maximum Gasteiger partial charge on any atom is 0.264 e. The molecule has 0 unspecified atom stereocenters. The molecular formula is C27H25N3O4S. The largest absolute Gasteiger partial charge is 0.490 e. The van der Waals surface area contributed by atoms with Gasteiger partial charge in [-0.1, -0.05) is 36.4 Å². The summed E-state index contributed by atoms with van der Waals surface area (Å²) in [6.07, 6.45) is 1.77. The van der Waals surface area contributed by atoms with Crippen LogP contribution in [0.5, 0.6) is 11.5 Å². The third-order valence-electron chi connectivity index (χ3n) is 4.86. The molecule has 1 aliphatic rings. The number of rotatable bonds is 8.